The first-order valence-corrected chi connectivity index (χ1v) is 6.18. The summed E-state index contributed by atoms with van der Waals surface area (Å²) in [4.78, 5) is 5.03. The van der Waals surface area contributed by atoms with E-state index < -0.39 is 0 Å². The van der Waals surface area contributed by atoms with E-state index in [-0.39, 0.29) is 0 Å². The normalized spacial score (nSPS) is 22.4. The predicted molar refractivity (Wildman–Crippen MR) is 67.7 cm³/mol. The number of hydrogen-bond donors (Lipinski definition) is 1. The summed E-state index contributed by atoms with van der Waals surface area (Å²) < 4.78 is 0. The number of piperazine rings is 1. The highest BCUT2D eigenvalue weighted by molar-refractivity contribution is 5.67. The van der Waals surface area contributed by atoms with Gasteiger partial charge in [-0.3, -0.25) is 4.90 Å². The molecule has 3 nitrogen and oxygen atoms in total. The standard InChI is InChI=1S/C13H19N3/c14-12-3-1-2-4-13(12)16-9-7-15(8-10-16)11-5-6-11/h1-4,11H,5-10,14H2. The number of para-hydroxylation sites is 2. The van der Waals surface area contributed by atoms with Crippen LogP contribution in [0.5, 0.6) is 0 Å². The third kappa shape index (κ3) is 1.87. The van der Waals surface area contributed by atoms with Crippen LogP contribution in [0.15, 0.2) is 24.3 Å². The maximum atomic E-state index is 6.00. The third-order valence-corrected chi connectivity index (χ3v) is 3.65. The maximum Gasteiger partial charge on any atom is 0.0600 e. The predicted octanol–water partition coefficient (Wildman–Crippen LogP) is 1.55. The number of nitrogens with two attached hydrogens (primary N) is 1. The van der Waals surface area contributed by atoms with Crippen molar-refractivity contribution in [1.29, 1.82) is 0 Å². The van der Waals surface area contributed by atoms with Crippen molar-refractivity contribution in [2.45, 2.75) is 18.9 Å². The van der Waals surface area contributed by atoms with Crippen LogP contribution in [0.25, 0.3) is 0 Å². The molecule has 0 unspecified atom stereocenters. The van der Waals surface area contributed by atoms with Gasteiger partial charge in [0.05, 0.1) is 11.4 Å². The van der Waals surface area contributed by atoms with Crippen LogP contribution in [0.2, 0.25) is 0 Å². The second-order valence-electron chi connectivity index (χ2n) is 4.81. The van der Waals surface area contributed by atoms with Crippen LogP contribution in [0.4, 0.5) is 11.4 Å². The lowest BCUT2D eigenvalue weighted by atomic mass is 10.2. The van der Waals surface area contributed by atoms with Gasteiger partial charge in [-0.2, -0.15) is 0 Å². The lowest BCUT2D eigenvalue weighted by Gasteiger charge is -2.36. The van der Waals surface area contributed by atoms with Crippen molar-refractivity contribution in [3.63, 3.8) is 0 Å². The lowest BCUT2D eigenvalue weighted by molar-refractivity contribution is 0.248. The number of anilines is 2. The Hall–Kier alpha value is -1.22. The number of hydrogen-bond acceptors (Lipinski definition) is 3. The van der Waals surface area contributed by atoms with Crippen LogP contribution in [0, 0.1) is 0 Å². The van der Waals surface area contributed by atoms with Crippen LogP contribution >= 0.6 is 0 Å². The van der Waals surface area contributed by atoms with Crippen LogP contribution in [0.1, 0.15) is 12.8 Å². The van der Waals surface area contributed by atoms with Crippen LogP contribution in [0.3, 0.4) is 0 Å². The van der Waals surface area contributed by atoms with E-state index in [2.05, 4.69) is 21.9 Å². The van der Waals surface area contributed by atoms with Gasteiger partial charge in [-0.05, 0) is 25.0 Å². The Kier molecular flexibility index (Phi) is 2.48. The molecule has 1 aromatic carbocycles. The Morgan fingerprint density at radius 3 is 2.31 bits per heavy atom. The highest BCUT2D eigenvalue weighted by Gasteiger charge is 2.31. The first-order valence-electron chi connectivity index (χ1n) is 6.18. The van der Waals surface area contributed by atoms with E-state index >= 15 is 0 Å². The van der Waals surface area contributed by atoms with Crippen molar-refractivity contribution in [2.24, 2.45) is 0 Å². The van der Waals surface area contributed by atoms with Gasteiger partial charge in [0.2, 0.25) is 0 Å². The van der Waals surface area contributed by atoms with E-state index in [1.54, 1.807) is 0 Å². The zero-order chi connectivity index (χ0) is 11.0. The third-order valence-electron chi connectivity index (χ3n) is 3.65. The molecule has 1 saturated carbocycles. The molecule has 0 spiro atoms. The van der Waals surface area contributed by atoms with Gasteiger partial charge in [-0.25, -0.2) is 0 Å². The Morgan fingerprint density at radius 2 is 1.69 bits per heavy atom. The first kappa shape index (κ1) is 9.97. The monoisotopic (exact) mass is 217 g/mol. The number of rotatable bonds is 2. The van der Waals surface area contributed by atoms with Crippen LogP contribution in [-0.2, 0) is 0 Å². The zero-order valence-electron chi connectivity index (χ0n) is 9.60. The second kappa shape index (κ2) is 3.98. The highest BCUT2D eigenvalue weighted by Crippen LogP contribution is 2.29. The molecule has 3 heteroatoms. The lowest BCUT2D eigenvalue weighted by Crippen LogP contribution is -2.47. The fourth-order valence-corrected chi connectivity index (χ4v) is 2.54. The zero-order valence-corrected chi connectivity index (χ0v) is 9.60. The molecule has 1 heterocycles. The molecule has 1 aliphatic heterocycles. The second-order valence-corrected chi connectivity index (χ2v) is 4.81. The van der Waals surface area contributed by atoms with E-state index in [1.807, 2.05) is 12.1 Å². The minimum Gasteiger partial charge on any atom is -0.397 e. The van der Waals surface area contributed by atoms with E-state index in [0.717, 1.165) is 24.8 Å². The molecule has 1 aromatic rings. The van der Waals surface area contributed by atoms with Crippen molar-refractivity contribution < 1.29 is 0 Å². The van der Waals surface area contributed by atoms with Gasteiger partial charge in [-0.1, -0.05) is 12.1 Å². The molecule has 0 aromatic heterocycles. The van der Waals surface area contributed by atoms with Gasteiger partial charge in [0.15, 0.2) is 0 Å². The molecule has 1 saturated heterocycles. The van der Waals surface area contributed by atoms with Crippen LogP contribution < -0.4 is 10.6 Å². The minimum atomic E-state index is 0.898. The van der Waals surface area contributed by atoms with Crippen molar-refractivity contribution in [3.05, 3.63) is 24.3 Å². The summed E-state index contributed by atoms with van der Waals surface area (Å²) in [5.74, 6) is 0. The van der Waals surface area contributed by atoms with Crippen molar-refractivity contribution >= 4 is 11.4 Å². The van der Waals surface area contributed by atoms with Gasteiger partial charge in [-0.15, -0.1) is 0 Å². The average Bonchev–Trinajstić information content (AvgIpc) is 3.14. The SMILES string of the molecule is Nc1ccccc1N1CCN(C2CC2)CC1. The van der Waals surface area contributed by atoms with Gasteiger partial charge in [0, 0.05) is 32.2 Å². The van der Waals surface area contributed by atoms with Crippen molar-refractivity contribution in [2.75, 3.05) is 36.8 Å². The number of benzene rings is 1. The summed E-state index contributed by atoms with van der Waals surface area (Å²) >= 11 is 0. The summed E-state index contributed by atoms with van der Waals surface area (Å²) in [6.45, 7) is 4.62. The van der Waals surface area contributed by atoms with E-state index in [9.17, 15) is 0 Å². The number of nitrogens with zero attached hydrogens (tertiary/aromatic N) is 2. The molecule has 2 fully saturated rings. The molecular formula is C13H19N3. The molecule has 0 radical (unpaired) electrons. The Labute approximate surface area is 96.8 Å². The molecule has 0 amide bonds. The number of nitrogen functional groups attached to an aromatic ring is 1. The molecule has 2 aliphatic rings. The molecular weight excluding hydrogens is 198 g/mol. The molecule has 16 heavy (non-hydrogen) atoms. The topological polar surface area (TPSA) is 32.5 Å². The fraction of sp³-hybridized carbons (Fsp3) is 0.538. The van der Waals surface area contributed by atoms with Gasteiger partial charge in [0.25, 0.3) is 0 Å². The summed E-state index contributed by atoms with van der Waals surface area (Å²) in [5, 5.41) is 0. The summed E-state index contributed by atoms with van der Waals surface area (Å²) in [5.41, 5.74) is 8.11. The maximum absolute atomic E-state index is 6.00. The Morgan fingerprint density at radius 1 is 1.00 bits per heavy atom. The Bertz CT molecular complexity index is 365. The van der Waals surface area contributed by atoms with E-state index in [0.29, 0.717) is 0 Å². The molecule has 0 bridgehead atoms. The minimum absolute atomic E-state index is 0.898. The highest BCUT2D eigenvalue weighted by atomic mass is 15.3. The van der Waals surface area contributed by atoms with Gasteiger partial charge in [0.1, 0.15) is 0 Å². The molecule has 1 aliphatic carbocycles. The van der Waals surface area contributed by atoms with E-state index in [4.69, 9.17) is 5.73 Å². The van der Waals surface area contributed by atoms with Crippen molar-refractivity contribution in [1.82, 2.24) is 4.90 Å². The van der Waals surface area contributed by atoms with Gasteiger partial charge < -0.3 is 10.6 Å². The average molecular weight is 217 g/mol. The largest absolute Gasteiger partial charge is 0.397 e. The van der Waals surface area contributed by atoms with Crippen LogP contribution in [-0.4, -0.2) is 37.1 Å². The molecule has 0 atom stereocenters. The summed E-state index contributed by atoms with van der Waals surface area (Å²) in [6, 6.07) is 9.08. The summed E-state index contributed by atoms with van der Waals surface area (Å²) in [7, 11) is 0. The smallest absolute Gasteiger partial charge is 0.0600 e. The molecule has 86 valence electrons. The fourth-order valence-electron chi connectivity index (χ4n) is 2.54. The van der Waals surface area contributed by atoms with Crippen molar-refractivity contribution in [3.8, 4) is 0 Å². The Balaban J connectivity index is 1.67. The first-order chi connectivity index (χ1) is 7.84. The van der Waals surface area contributed by atoms with E-state index in [1.165, 1.54) is 31.6 Å². The molecule has 2 N–H and O–H groups in total. The molecule has 3 rings (SSSR count). The van der Waals surface area contributed by atoms with Gasteiger partial charge >= 0.3 is 0 Å². The quantitative estimate of drug-likeness (QED) is 0.763. The summed E-state index contributed by atoms with van der Waals surface area (Å²) in [6.07, 6.45) is 2.82.